The fourth-order valence-corrected chi connectivity index (χ4v) is 3.72. The molecular weight excluding hydrogens is 386 g/mol. The fraction of sp³-hybridized carbons (Fsp3) is 0.250. The first-order valence-corrected chi connectivity index (χ1v) is 8.94. The molecule has 0 amide bonds. The molecule has 0 spiro atoms. The zero-order valence-corrected chi connectivity index (χ0v) is 15.3. The maximum Gasteiger partial charge on any atom is 0.387 e. The van der Waals surface area contributed by atoms with Gasteiger partial charge < -0.3 is 9.47 Å². The summed E-state index contributed by atoms with van der Waals surface area (Å²) in [5, 5.41) is 11.0. The SMILES string of the molecule is COc1ccc(NS(=O)(=O)c2cc([N+](=O)[O-])cc(C)c2C)cc1OC(F)F. The summed E-state index contributed by atoms with van der Waals surface area (Å²) in [5.74, 6) is -0.375. The number of hydrogen-bond acceptors (Lipinski definition) is 6. The molecule has 0 bridgehead atoms. The number of nitrogens with zero attached hydrogens (tertiary/aromatic N) is 1. The molecule has 2 rings (SSSR count). The van der Waals surface area contributed by atoms with E-state index in [1.165, 1.54) is 32.2 Å². The molecule has 2 aromatic rings. The summed E-state index contributed by atoms with van der Waals surface area (Å²) in [5.41, 5.74) is 0.289. The van der Waals surface area contributed by atoms with Gasteiger partial charge in [-0.3, -0.25) is 14.8 Å². The number of alkyl halides is 2. The molecule has 0 aliphatic heterocycles. The van der Waals surface area contributed by atoms with Gasteiger partial charge >= 0.3 is 6.61 Å². The number of methoxy groups -OCH3 is 1. The maximum atomic E-state index is 12.7. The number of benzene rings is 2. The second-order valence-corrected chi connectivity index (χ2v) is 7.14. The molecule has 0 atom stereocenters. The predicted octanol–water partition coefficient (Wildman–Crippen LogP) is 3.62. The lowest BCUT2D eigenvalue weighted by atomic mass is 10.1. The number of non-ortho nitro benzene ring substituents is 1. The fourth-order valence-electron chi connectivity index (χ4n) is 2.33. The third kappa shape index (κ3) is 4.61. The Labute approximate surface area is 153 Å². The van der Waals surface area contributed by atoms with E-state index in [2.05, 4.69) is 9.46 Å². The Morgan fingerprint density at radius 1 is 1.15 bits per heavy atom. The average Bonchev–Trinajstić information content (AvgIpc) is 2.56. The van der Waals surface area contributed by atoms with Crippen molar-refractivity contribution in [3.05, 3.63) is 51.6 Å². The molecule has 2 aromatic carbocycles. The summed E-state index contributed by atoms with van der Waals surface area (Å²) >= 11 is 0. The van der Waals surface area contributed by atoms with E-state index >= 15 is 0 Å². The molecule has 27 heavy (non-hydrogen) atoms. The number of hydrogen-bond donors (Lipinski definition) is 1. The number of nitrogens with one attached hydrogen (secondary N) is 1. The Morgan fingerprint density at radius 3 is 2.37 bits per heavy atom. The lowest BCUT2D eigenvalue weighted by Gasteiger charge is -2.14. The van der Waals surface area contributed by atoms with Crippen LogP contribution in [0.4, 0.5) is 20.2 Å². The van der Waals surface area contributed by atoms with E-state index in [1.807, 2.05) is 0 Å². The minimum Gasteiger partial charge on any atom is -0.493 e. The van der Waals surface area contributed by atoms with Crippen LogP contribution in [0.15, 0.2) is 35.2 Å². The summed E-state index contributed by atoms with van der Waals surface area (Å²) < 4.78 is 61.8. The third-order valence-electron chi connectivity index (χ3n) is 3.74. The molecular formula is C16H16F2N2O6S. The topological polar surface area (TPSA) is 108 Å². The minimum atomic E-state index is -4.23. The van der Waals surface area contributed by atoms with Crippen LogP contribution in [0.2, 0.25) is 0 Å². The van der Waals surface area contributed by atoms with Crippen molar-refractivity contribution in [1.29, 1.82) is 0 Å². The van der Waals surface area contributed by atoms with E-state index in [9.17, 15) is 27.3 Å². The summed E-state index contributed by atoms with van der Waals surface area (Å²) in [6.07, 6.45) is 0. The number of ether oxygens (including phenoxy) is 2. The van der Waals surface area contributed by atoms with Gasteiger partial charge in [0.2, 0.25) is 0 Å². The molecule has 0 aromatic heterocycles. The summed E-state index contributed by atoms with van der Waals surface area (Å²) in [6.45, 7) is -0.0801. The quantitative estimate of drug-likeness (QED) is 0.560. The van der Waals surface area contributed by atoms with Gasteiger partial charge in [-0.15, -0.1) is 0 Å². The molecule has 0 unspecified atom stereocenters. The molecule has 0 aliphatic carbocycles. The number of anilines is 1. The van der Waals surface area contributed by atoms with Gasteiger partial charge in [0.05, 0.1) is 22.6 Å². The van der Waals surface area contributed by atoms with Gasteiger partial charge in [0, 0.05) is 18.2 Å². The molecule has 146 valence electrons. The number of nitro groups is 1. The minimum absolute atomic E-state index is 0.0133. The van der Waals surface area contributed by atoms with Crippen LogP contribution in [0.3, 0.4) is 0 Å². The molecule has 11 heteroatoms. The van der Waals surface area contributed by atoms with Crippen LogP contribution in [0.25, 0.3) is 0 Å². The van der Waals surface area contributed by atoms with Crippen molar-refractivity contribution >= 4 is 21.4 Å². The van der Waals surface area contributed by atoms with Crippen LogP contribution in [-0.4, -0.2) is 27.1 Å². The van der Waals surface area contributed by atoms with Crippen molar-refractivity contribution in [1.82, 2.24) is 0 Å². The van der Waals surface area contributed by atoms with Crippen molar-refractivity contribution < 1.29 is 31.6 Å². The highest BCUT2D eigenvalue weighted by atomic mass is 32.2. The highest BCUT2D eigenvalue weighted by Crippen LogP contribution is 2.33. The normalized spacial score (nSPS) is 11.3. The van der Waals surface area contributed by atoms with Crippen molar-refractivity contribution in [2.45, 2.75) is 25.4 Å². The van der Waals surface area contributed by atoms with E-state index in [0.29, 0.717) is 11.1 Å². The van der Waals surface area contributed by atoms with E-state index in [4.69, 9.17) is 4.74 Å². The maximum absolute atomic E-state index is 12.7. The standard InChI is InChI=1S/C16H16F2N2O6S/c1-9-6-12(20(21)22)8-15(10(9)2)27(23,24)19-11-4-5-13(25-3)14(7-11)26-16(17)18/h4-8,16,19H,1-3H3. The highest BCUT2D eigenvalue weighted by Gasteiger charge is 2.23. The second kappa shape index (κ2) is 7.74. The van der Waals surface area contributed by atoms with Crippen LogP contribution in [0.5, 0.6) is 11.5 Å². The van der Waals surface area contributed by atoms with Crippen LogP contribution in [0, 0.1) is 24.0 Å². The van der Waals surface area contributed by atoms with Crippen molar-refractivity contribution in [3.8, 4) is 11.5 Å². The third-order valence-corrected chi connectivity index (χ3v) is 5.24. The lowest BCUT2D eigenvalue weighted by molar-refractivity contribution is -0.385. The number of sulfonamides is 1. The lowest BCUT2D eigenvalue weighted by Crippen LogP contribution is -2.15. The molecule has 0 fully saturated rings. The summed E-state index contributed by atoms with van der Waals surface area (Å²) in [6, 6.07) is 5.76. The first-order valence-electron chi connectivity index (χ1n) is 7.46. The zero-order valence-electron chi connectivity index (χ0n) is 14.5. The Morgan fingerprint density at radius 2 is 1.81 bits per heavy atom. The molecule has 8 nitrogen and oxygen atoms in total. The number of nitro benzene ring substituents is 1. The summed E-state index contributed by atoms with van der Waals surface area (Å²) in [4.78, 5) is 10.0. The largest absolute Gasteiger partial charge is 0.493 e. The number of halogens is 2. The van der Waals surface area contributed by atoms with E-state index in [0.717, 1.165) is 12.1 Å². The Kier molecular flexibility index (Phi) is 5.84. The Balaban J connectivity index is 2.46. The first-order chi connectivity index (χ1) is 12.5. The van der Waals surface area contributed by atoms with Gasteiger partial charge in [0.1, 0.15) is 0 Å². The Hall–Kier alpha value is -2.95. The average molecular weight is 402 g/mol. The van der Waals surface area contributed by atoms with E-state index in [-0.39, 0.29) is 27.8 Å². The van der Waals surface area contributed by atoms with Crippen LogP contribution in [0.1, 0.15) is 11.1 Å². The van der Waals surface area contributed by atoms with Gasteiger partial charge in [-0.25, -0.2) is 8.42 Å². The number of aryl methyl sites for hydroxylation is 1. The van der Waals surface area contributed by atoms with Crippen molar-refractivity contribution in [2.75, 3.05) is 11.8 Å². The predicted molar refractivity (Wildman–Crippen MR) is 93.0 cm³/mol. The monoisotopic (exact) mass is 402 g/mol. The van der Waals surface area contributed by atoms with Gasteiger partial charge in [-0.2, -0.15) is 8.78 Å². The molecule has 0 aliphatic rings. The summed E-state index contributed by atoms with van der Waals surface area (Å²) in [7, 11) is -2.98. The van der Waals surface area contributed by atoms with Gasteiger partial charge in [-0.1, -0.05) is 0 Å². The highest BCUT2D eigenvalue weighted by molar-refractivity contribution is 7.92. The Bertz CT molecular complexity index is 979. The second-order valence-electron chi connectivity index (χ2n) is 5.49. The van der Waals surface area contributed by atoms with Crippen LogP contribution < -0.4 is 14.2 Å². The van der Waals surface area contributed by atoms with E-state index in [1.54, 1.807) is 6.92 Å². The molecule has 0 saturated heterocycles. The van der Waals surface area contributed by atoms with Gasteiger partial charge in [0.15, 0.2) is 11.5 Å². The first kappa shape index (κ1) is 20.4. The van der Waals surface area contributed by atoms with Crippen LogP contribution in [-0.2, 0) is 10.0 Å². The molecule has 0 saturated carbocycles. The van der Waals surface area contributed by atoms with Crippen molar-refractivity contribution in [3.63, 3.8) is 0 Å². The smallest absolute Gasteiger partial charge is 0.387 e. The molecule has 1 N–H and O–H groups in total. The van der Waals surface area contributed by atoms with Gasteiger partial charge in [-0.05, 0) is 37.1 Å². The van der Waals surface area contributed by atoms with Crippen LogP contribution >= 0.6 is 0 Å². The van der Waals surface area contributed by atoms with E-state index < -0.39 is 21.6 Å². The number of rotatable bonds is 7. The molecule has 0 heterocycles. The zero-order chi connectivity index (χ0) is 20.4. The molecule has 0 radical (unpaired) electrons. The van der Waals surface area contributed by atoms with Gasteiger partial charge in [0.25, 0.3) is 15.7 Å². The van der Waals surface area contributed by atoms with Crippen molar-refractivity contribution in [2.24, 2.45) is 0 Å².